The van der Waals surface area contributed by atoms with Crippen molar-refractivity contribution in [2.75, 3.05) is 33.2 Å². The van der Waals surface area contributed by atoms with Crippen LogP contribution in [-0.4, -0.2) is 56.0 Å². The summed E-state index contributed by atoms with van der Waals surface area (Å²) >= 11 is 0. The summed E-state index contributed by atoms with van der Waals surface area (Å²) in [5.41, 5.74) is 2.69. The van der Waals surface area contributed by atoms with Crippen LogP contribution in [0.25, 0.3) is 0 Å². The zero-order valence-corrected chi connectivity index (χ0v) is 18.6. The molecule has 1 aromatic carbocycles. The summed E-state index contributed by atoms with van der Waals surface area (Å²) in [6.45, 7) is 6.08. The van der Waals surface area contributed by atoms with Crippen molar-refractivity contribution >= 4 is 41.9 Å². The van der Waals surface area contributed by atoms with Crippen molar-refractivity contribution in [2.45, 2.75) is 32.6 Å². The molecule has 0 aromatic heterocycles. The van der Waals surface area contributed by atoms with E-state index >= 15 is 0 Å². The highest BCUT2D eigenvalue weighted by Gasteiger charge is 2.27. The lowest BCUT2D eigenvalue weighted by Crippen LogP contribution is -2.43. The van der Waals surface area contributed by atoms with Crippen LogP contribution < -0.4 is 16.0 Å². The highest BCUT2D eigenvalue weighted by atomic mass is 127. The van der Waals surface area contributed by atoms with E-state index in [2.05, 4.69) is 59.1 Å². The van der Waals surface area contributed by atoms with Gasteiger partial charge in [0.25, 0.3) is 0 Å². The van der Waals surface area contributed by atoms with E-state index in [9.17, 15) is 9.59 Å². The molecular weight excluding hydrogens is 457 g/mol. The number of urea groups is 1. The minimum Gasteiger partial charge on any atom is -0.356 e. The molecule has 7 nitrogen and oxygen atoms in total. The van der Waals surface area contributed by atoms with Crippen LogP contribution in [0.2, 0.25) is 0 Å². The first-order valence-electron chi connectivity index (χ1n) is 9.13. The summed E-state index contributed by atoms with van der Waals surface area (Å²) in [5, 5.41) is 8.88. The maximum Gasteiger partial charge on any atom is 0.324 e. The minimum absolute atomic E-state index is 0. The second-order valence-electron chi connectivity index (χ2n) is 6.63. The Kier molecular flexibility index (Phi) is 10.1. The number of aliphatic imine (C=N–C) groups is 1. The maximum atomic E-state index is 11.5. The second-order valence-corrected chi connectivity index (χ2v) is 6.63. The number of hydrogen-bond acceptors (Lipinski definition) is 3. The quantitative estimate of drug-likeness (QED) is 0.172. The van der Waals surface area contributed by atoms with Gasteiger partial charge in [-0.2, -0.15) is 0 Å². The molecule has 0 aliphatic carbocycles. The van der Waals surface area contributed by atoms with Gasteiger partial charge in [-0.1, -0.05) is 38.1 Å². The number of imide groups is 1. The summed E-state index contributed by atoms with van der Waals surface area (Å²) in [7, 11) is 1.70. The number of halogens is 1. The van der Waals surface area contributed by atoms with Crippen molar-refractivity contribution in [2.24, 2.45) is 4.99 Å². The molecule has 150 valence electrons. The lowest BCUT2D eigenvalue weighted by molar-refractivity contribution is -0.124. The number of carbonyl (C=O) groups excluding carboxylic acids is 2. The van der Waals surface area contributed by atoms with E-state index in [0.29, 0.717) is 25.0 Å². The molecule has 3 N–H and O–H groups in total. The molecule has 0 bridgehead atoms. The SMILES string of the molecule is CN=C(NCCCc1ccc(C(C)C)cc1)NCCN1C(=O)CNC1=O.I. The standard InChI is InChI=1S/C19H29N5O2.HI/c1-14(2)16-8-6-15(7-9-16)5-4-10-21-18(20-3)22-11-12-24-17(25)13-23-19(24)26;/h6-9,14H,4-5,10-13H2,1-3H3,(H,23,26)(H2,20,21,22);1H. The van der Waals surface area contributed by atoms with E-state index in [1.165, 1.54) is 16.0 Å². The van der Waals surface area contributed by atoms with E-state index in [0.717, 1.165) is 19.4 Å². The molecule has 1 fully saturated rings. The third-order valence-electron chi connectivity index (χ3n) is 4.37. The molecule has 1 aromatic rings. The van der Waals surface area contributed by atoms with E-state index in [-0.39, 0.29) is 42.5 Å². The number of benzene rings is 1. The number of carbonyl (C=O) groups is 2. The highest BCUT2D eigenvalue weighted by molar-refractivity contribution is 14.0. The minimum atomic E-state index is -0.330. The molecule has 0 saturated carbocycles. The molecule has 1 aliphatic rings. The second kappa shape index (κ2) is 11.8. The summed E-state index contributed by atoms with van der Waals surface area (Å²) in [6, 6.07) is 8.46. The maximum absolute atomic E-state index is 11.5. The zero-order valence-electron chi connectivity index (χ0n) is 16.2. The van der Waals surface area contributed by atoms with Crippen LogP contribution in [-0.2, 0) is 11.2 Å². The highest BCUT2D eigenvalue weighted by Crippen LogP contribution is 2.15. The lowest BCUT2D eigenvalue weighted by Gasteiger charge is -2.15. The molecule has 0 radical (unpaired) electrons. The van der Waals surface area contributed by atoms with Gasteiger partial charge in [0, 0.05) is 26.7 Å². The smallest absolute Gasteiger partial charge is 0.324 e. The molecule has 1 saturated heterocycles. The Labute approximate surface area is 178 Å². The summed E-state index contributed by atoms with van der Waals surface area (Å²) in [6.07, 6.45) is 2.00. The Hall–Kier alpha value is -1.84. The van der Waals surface area contributed by atoms with E-state index in [4.69, 9.17) is 0 Å². The van der Waals surface area contributed by atoms with Crippen molar-refractivity contribution < 1.29 is 9.59 Å². The van der Waals surface area contributed by atoms with Crippen LogP contribution in [0.15, 0.2) is 29.3 Å². The summed E-state index contributed by atoms with van der Waals surface area (Å²) < 4.78 is 0. The molecule has 0 unspecified atom stereocenters. The van der Waals surface area contributed by atoms with Crippen LogP contribution in [0.3, 0.4) is 0 Å². The number of guanidine groups is 1. The molecule has 2 rings (SSSR count). The van der Waals surface area contributed by atoms with E-state index in [1.807, 2.05) is 0 Å². The Morgan fingerprint density at radius 2 is 1.85 bits per heavy atom. The van der Waals surface area contributed by atoms with E-state index < -0.39 is 0 Å². The van der Waals surface area contributed by atoms with Crippen LogP contribution >= 0.6 is 24.0 Å². The molecular formula is C19H30IN5O2. The van der Waals surface area contributed by atoms with Crippen LogP contribution in [0.1, 0.15) is 37.3 Å². The van der Waals surface area contributed by atoms with E-state index in [1.54, 1.807) is 7.05 Å². The summed E-state index contributed by atoms with van der Waals surface area (Å²) in [5.74, 6) is 1.04. The normalized spacial score (nSPS) is 14.2. The molecule has 0 atom stereocenters. The Bertz CT molecular complexity index is 630. The van der Waals surface area contributed by atoms with Crippen LogP contribution in [0.4, 0.5) is 4.79 Å². The van der Waals surface area contributed by atoms with Gasteiger partial charge in [-0.3, -0.25) is 14.7 Å². The van der Waals surface area contributed by atoms with Gasteiger partial charge in [-0.05, 0) is 29.9 Å². The first-order chi connectivity index (χ1) is 12.5. The van der Waals surface area contributed by atoms with Crippen molar-refractivity contribution in [3.8, 4) is 0 Å². The van der Waals surface area contributed by atoms with Gasteiger partial charge in [0.2, 0.25) is 5.91 Å². The fourth-order valence-corrected chi connectivity index (χ4v) is 2.76. The number of amides is 3. The van der Waals surface area contributed by atoms with Gasteiger partial charge >= 0.3 is 6.03 Å². The topological polar surface area (TPSA) is 85.8 Å². The zero-order chi connectivity index (χ0) is 18.9. The lowest BCUT2D eigenvalue weighted by atomic mass is 10.0. The third kappa shape index (κ3) is 7.36. The molecule has 3 amide bonds. The van der Waals surface area contributed by atoms with Crippen LogP contribution in [0, 0.1) is 0 Å². The Balaban J connectivity index is 0.00000364. The van der Waals surface area contributed by atoms with Gasteiger partial charge in [0.15, 0.2) is 5.96 Å². The molecule has 1 heterocycles. The van der Waals surface area contributed by atoms with Gasteiger partial charge < -0.3 is 16.0 Å². The van der Waals surface area contributed by atoms with Gasteiger partial charge in [-0.25, -0.2) is 4.79 Å². The number of hydrogen-bond donors (Lipinski definition) is 3. The summed E-state index contributed by atoms with van der Waals surface area (Å²) in [4.78, 5) is 28.3. The molecule has 1 aliphatic heterocycles. The van der Waals surface area contributed by atoms with Crippen molar-refractivity contribution in [3.63, 3.8) is 0 Å². The van der Waals surface area contributed by atoms with Gasteiger partial charge in [0.1, 0.15) is 0 Å². The number of nitrogens with zero attached hydrogens (tertiary/aromatic N) is 2. The average molecular weight is 487 g/mol. The van der Waals surface area contributed by atoms with Crippen molar-refractivity contribution in [1.82, 2.24) is 20.9 Å². The first-order valence-corrected chi connectivity index (χ1v) is 9.13. The van der Waals surface area contributed by atoms with Crippen LogP contribution in [0.5, 0.6) is 0 Å². The molecule has 0 spiro atoms. The first kappa shape index (κ1) is 23.2. The Morgan fingerprint density at radius 3 is 2.41 bits per heavy atom. The van der Waals surface area contributed by atoms with Crippen molar-refractivity contribution in [3.05, 3.63) is 35.4 Å². The van der Waals surface area contributed by atoms with Gasteiger partial charge in [-0.15, -0.1) is 24.0 Å². The largest absolute Gasteiger partial charge is 0.356 e. The monoisotopic (exact) mass is 487 g/mol. The fourth-order valence-electron chi connectivity index (χ4n) is 2.76. The fraction of sp³-hybridized carbons (Fsp3) is 0.526. The molecule has 27 heavy (non-hydrogen) atoms. The molecule has 8 heteroatoms. The predicted octanol–water partition coefficient (Wildman–Crippen LogP) is 2.08. The number of nitrogens with one attached hydrogen (secondary N) is 3. The van der Waals surface area contributed by atoms with Crippen molar-refractivity contribution in [1.29, 1.82) is 0 Å². The Morgan fingerprint density at radius 1 is 1.19 bits per heavy atom. The predicted molar refractivity (Wildman–Crippen MR) is 119 cm³/mol. The number of aryl methyl sites for hydroxylation is 1. The number of rotatable bonds is 8. The third-order valence-corrected chi connectivity index (χ3v) is 4.37. The average Bonchev–Trinajstić information content (AvgIpc) is 2.95. The van der Waals surface area contributed by atoms with Gasteiger partial charge in [0.05, 0.1) is 6.54 Å².